The molecule has 1 aromatic heterocycles. The van der Waals surface area contributed by atoms with Gasteiger partial charge in [0.2, 0.25) is 0 Å². The van der Waals surface area contributed by atoms with Crippen LogP contribution in [-0.2, 0) is 0 Å². The van der Waals surface area contributed by atoms with Gasteiger partial charge in [0.15, 0.2) is 0 Å². The van der Waals surface area contributed by atoms with Gasteiger partial charge in [0.05, 0.1) is 6.20 Å². The lowest BCUT2D eigenvalue weighted by atomic mass is 10.5. The summed E-state index contributed by atoms with van der Waals surface area (Å²) in [5, 5.41) is 6.94. The van der Waals surface area contributed by atoms with Crippen molar-refractivity contribution in [3.8, 4) is 12.3 Å². The van der Waals surface area contributed by atoms with Gasteiger partial charge >= 0.3 is 0 Å². The van der Waals surface area contributed by atoms with Gasteiger partial charge in [0, 0.05) is 0 Å². The fourth-order valence-corrected chi connectivity index (χ4v) is 0.314. The summed E-state index contributed by atoms with van der Waals surface area (Å²) < 4.78 is 0. The van der Waals surface area contributed by atoms with E-state index in [4.69, 9.17) is 6.42 Å². The van der Waals surface area contributed by atoms with Crippen LogP contribution in [0.1, 0.15) is 5.69 Å². The van der Waals surface area contributed by atoms with Crippen molar-refractivity contribution in [1.82, 2.24) is 15.2 Å². The van der Waals surface area contributed by atoms with E-state index in [2.05, 4.69) is 21.1 Å². The van der Waals surface area contributed by atoms with Crippen molar-refractivity contribution >= 4 is 0 Å². The van der Waals surface area contributed by atoms with E-state index in [1.165, 1.54) is 12.5 Å². The second-order valence-corrected chi connectivity index (χ2v) is 1.13. The normalized spacial score (nSPS) is 7.88. The van der Waals surface area contributed by atoms with Crippen LogP contribution >= 0.6 is 0 Å². The van der Waals surface area contributed by atoms with Crippen LogP contribution in [0.25, 0.3) is 0 Å². The summed E-state index contributed by atoms with van der Waals surface area (Å²) in [7, 11) is 0. The molecule has 3 heteroatoms. The molecule has 8 heavy (non-hydrogen) atoms. The van der Waals surface area contributed by atoms with Crippen LogP contribution in [0.4, 0.5) is 0 Å². The average Bonchev–Trinajstić information content (AvgIpc) is 1.90. The fraction of sp³-hybridized carbons (Fsp3) is 0. The lowest BCUT2D eigenvalue weighted by Crippen LogP contribution is -1.84. The second kappa shape index (κ2) is 2.03. The molecule has 0 bridgehead atoms. The first-order chi connectivity index (χ1) is 3.93. The molecule has 0 aliphatic heterocycles. The maximum Gasteiger partial charge on any atom is 0.139 e. The van der Waals surface area contributed by atoms with Crippen molar-refractivity contribution in [1.29, 1.82) is 0 Å². The monoisotopic (exact) mass is 105 g/mol. The molecule has 0 aliphatic carbocycles. The highest BCUT2D eigenvalue weighted by Crippen LogP contribution is 1.79. The predicted octanol–water partition coefficient (Wildman–Crippen LogP) is -0.147. The van der Waals surface area contributed by atoms with Crippen molar-refractivity contribution < 1.29 is 0 Å². The van der Waals surface area contributed by atoms with Gasteiger partial charge in [-0.1, -0.05) is 0 Å². The van der Waals surface area contributed by atoms with Crippen molar-refractivity contribution in [3.63, 3.8) is 0 Å². The van der Waals surface area contributed by atoms with E-state index in [0.717, 1.165) is 0 Å². The maximum atomic E-state index is 4.97. The highest BCUT2D eigenvalue weighted by molar-refractivity contribution is 5.18. The zero-order valence-corrected chi connectivity index (χ0v) is 4.07. The Bertz CT molecular complexity index is 199. The van der Waals surface area contributed by atoms with Gasteiger partial charge < -0.3 is 0 Å². The molecule has 0 saturated heterocycles. The van der Waals surface area contributed by atoms with E-state index in [0.29, 0.717) is 5.69 Å². The third kappa shape index (κ3) is 0.793. The van der Waals surface area contributed by atoms with E-state index >= 15 is 0 Å². The van der Waals surface area contributed by atoms with Gasteiger partial charge in [-0.05, 0) is 5.92 Å². The van der Waals surface area contributed by atoms with Crippen LogP contribution in [0.15, 0.2) is 12.5 Å². The van der Waals surface area contributed by atoms with E-state index in [1.54, 1.807) is 0 Å². The topological polar surface area (TPSA) is 38.7 Å². The lowest BCUT2D eigenvalue weighted by molar-refractivity contribution is 0.959. The minimum atomic E-state index is 0.514. The highest BCUT2D eigenvalue weighted by Gasteiger charge is 1.80. The molecule has 0 amide bonds. The zero-order valence-electron chi connectivity index (χ0n) is 4.07. The van der Waals surface area contributed by atoms with Crippen LogP contribution in [0, 0.1) is 12.3 Å². The highest BCUT2D eigenvalue weighted by atomic mass is 15.1. The van der Waals surface area contributed by atoms with Crippen LogP contribution in [0.2, 0.25) is 0 Å². The molecule has 0 aromatic carbocycles. The number of hydrogen-bond donors (Lipinski definition) is 0. The van der Waals surface area contributed by atoms with Gasteiger partial charge in [-0.25, -0.2) is 4.98 Å². The molecule has 1 aromatic rings. The quantitative estimate of drug-likeness (QED) is 0.431. The average molecular weight is 105 g/mol. The summed E-state index contributed by atoms with van der Waals surface area (Å²) in [4.78, 5) is 3.69. The van der Waals surface area contributed by atoms with Crippen LogP contribution < -0.4 is 0 Å². The number of terminal acetylenes is 1. The third-order valence-electron chi connectivity index (χ3n) is 0.643. The number of hydrogen-bond acceptors (Lipinski definition) is 3. The standard InChI is InChI=1S/C5H3N3/c1-2-5-3-7-8-4-6-5/h1,3-4H. The summed E-state index contributed by atoms with van der Waals surface area (Å²) in [6.07, 6.45) is 7.71. The first kappa shape index (κ1) is 4.72. The van der Waals surface area contributed by atoms with Gasteiger partial charge in [0.25, 0.3) is 0 Å². The summed E-state index contributed by atoms with van der Waals surface area (Å²) in [5.74, 6) is 2.31. The Morgan fingerprint density at radius 3 is 2.75 bits per heavy atom. The molecule has 1 heterocycles. The molecule has 0 aliphatic rings. The van der Waals surface area contributed by atoms with Crippen LogP contribution in [-0.4, -0.2) is 15.2 Å². The first-order valence-corrected chi connectivity index (χ1v) is 2.03. The molecule has 38 valence electrons. The maximum absolute atomic E-state index is 4.97. The minimum Gasteiger partial charge on any atom is -0.224 e. The first-order valence-electron chi connectivity index (χ1n) is 2.03. The van der Waals surface area contributed by atoms with Crippen molar-refractivity contribution in [2.24, 2.45) is 0 Å². The molecule has 0 spiro atoms. The molecule has 0 saturated carbocycles. The van der Waals surface area contributed by atoms with Gasteiger partial charge in [-0.3, -0.25) is 0 Å². The van der Waals surface area contributed by atoms with Crippen LogP contribution in [0.5, 0.6) is 0 Å². The van der Waals surface area contributed by atoms with Crippen LogP contribution in [0.3, 0.4) is 0 Å². The summed E-state index contributed by atoms with van der Waals surface area (Å²) in [6.45, 7) is 0. The third-order valence-corrected chi connectivity index (χ3v) is 0.643. The van der Waals surface area contributed by atoms with E-state index in [-0.39, 0.29) is 0 Å². The minimum absolute atomic E-state index is 0.514. The fourth-order valence-electron chi connectivity index (χ4n) is 0.314. The Balaban J connectivity index is 3.05. The van der Waals surface area contributed by atoms with E-state index < -0.39 is 0 Å². The Morgan fingerprint density at radius 1 is 1.50 bits per heavy atom. The molecule has 0 atom stereocenters. The SMILES string of the molecule is C#Cc1cnncn1. The molecule has 0 fully saturated rings. The Hall–Kier alpha value is -1.43. The Kier molecular flexibility index (Phi) is 1.20. The lowest BCUT2D eigenvalue weighted by Gasteiger charge is -1.80. The Labute approximate surface area is 46.8 Å². The van der Waals surface area contributed by atoms with Crippen molar-refractivity contribution in [2.75, 3.05) is 0 Å². The van der Waals surface area contributed by atoms with Crippen molar-refractivity contribution in [2.45, 2.75) is 0 Å². The molecule has 3 nitrogen and oxygen atoms in total. The summed E-state index contributed by atoms with van der Waals surface area (Å²) in [5.41, 5.74) is 0.514. The number of aromatic nitrogens is 3. The van der Waals surface area contributed by atoms with E-state index in [9.17, 15) is 0 Å². The van der Waals surface area contributed by atoms with Gasteiger partial charge in [0.1, 0.15) is 12.0 Å². The second-order valence-electron chi connectivity index (χ2n) is 1.13. The summed E-state index contributed by atoms with van der Waals surface area (Å²) in [6, 6.07) is 0. The number of rotatable bonds is 0. The molecular weight excluding hydrogens is 102 g/mol. The molecule has 1 rings (SSSR count). The number of nitrogens with zero attached hydrogens (tertiary/aromatic N) is 3. The van der Waals surface area contributed by atoms with E-state index in [1.807, 2.05) is 0 Å². The smallest absolute Gasteiger partial charge is 0.139 e. The molecule has 0 radical (unpaired) electrons. The van der Waals surface area contributed by atoms with Crippen molar-refractivity contribution in [3.05, 3.63) is 18.2 Å². The van der Waals surface area contributed by atoms with Gasteiger partial charge in [-0.2, -0.15) is 5.10 Å². The Morgan fingerprint density at radius 2 is 2.38 bits per heavy atom. The molecule has 0 unspecified atom stereocenters. The predicted molar refractivity (Wildman–Crippen MR) is 27.8 cm³/mol. The zero-order chi connectivity index (χ0) is 5.82. The molecule has 0 N–H and O–H groups in total. The summed E-state index contributed by atoms with van der Waals surface area (Å²) >= 11 is 0. The largest absolute Gasteiger partial charge is 0.224 e. The molecular formula is C5H3N3. The van der Waals surface area contributed by atoms with Gasteiger partial charge in [-0.15, -0.1) is 11.5 Å².